The molecule has 2 aliphatic rings. The van der Waals surface area contributed by atoms with Gasteiger partial charge in [-0.15, -0.1) is 0 Å². The third kappa shape index (κ3) is 7.07. The van der Waals surface area contributed by atoms with Crippen LogP contribution in [0.5, 0.6) is 11.5 Å². The van der Waals surface area contributed by atoms with E-state index < -0.39 is 40.2 Å². The number of hydrogen-bond donors (Lipinski definition) is 1. The van der Waals surface area contributed by atoms with Crippen molar-refractivity contribution in [2.75, 3.05) is 24.1 Å². The molecule has 0 spiro atoms. The second kappa shape index (κ2) is 13.0. The summed E-state index contributed by atoms with van der Waals surface area (Å²) in [4.78, 5) is 28.4. The molecule has 0 saturated heterocycles. The Morgan fingerprint density at radius 1 is 0.907 bits per heavy atom. The van der Waals surface area contributed by atoms with Crippen LogP contribution in [-0.2, 0) is 26.2 Å². The van der Waals surface area contributed by atoms with E-state index in [2.05, 4.69) is 5.32 Å². The quantitative estimate of drug-likeness (QED) is 0.363. The van der Waals surface area contributed by atoms with Crippen LogP contribution in [0.3, 0.4) is 0 Å². The smallest absolute Gasteiger partial charge is 0.264 e. The van der Waals surface area contributed by atoms with Crippen molar-refractivity contribution in [3.8, 4) is 11.5 Å². The van der Waals surface area contributed by atoms with Crippen molar-refractivity contribution in [1.29, 1.82) is 0 Å². The highest BCUT2D eigenvalue weighted by Crippen LogP contribution is 2.34. The van der Waals surface area contributed by atoms with Gasteiger partial charge in [0.1, 0.15) is 37.4 Å². The van der Waals surface area contributed by atoms with Crippen LogP contribution < -0.4 is 19.1 Å². The zero-order chi connectivity index (χ0) is 30.6. The Morgan fingerprint density at radius 3 is 2.16 bits per heavy atom. The summed E-state index contributed by atoms with van der Waals surface area (Å²) in [6, 6.07) is 13.4. The summed E-state index contributed by atoms with van der Waals surface area (Å²) in [5, 5.41) is 2.99. The van der Waals surface area contributed by atoms with Gasteiger partial charge in [0, 0.05) is 18.7 Å². The van der Waals surface area contributed by atoms with Crippen molar-refractivity contribution in [3.05, 3.63) is 83.9 Å². The monoisotopic (exact) mass is 613 g/mol. The van der Waals surface area contributed by atoms with Crippen molar-refractivity contribution in [3.63, 3.8) is 0 Å². The number of nitrogens with zero attached hydrogens (tertiary/aromatic N) is 2. The fraction of sp³-hybridized carbons (Fsp3) is 0.355. The number of anilines is 1. The zero-order valence-electron chi connectivity index (χ0n) is 23.7. The first-order valence-corrected chi connectivity index (χ1v) is 15.6. The lowest BCUT2D eigenvalue weighted by molar-refractivity contribution is -0.139. The molecule has 3 aromatic rings. The van der Waals surface area contributed by atoms with Crippen molar-refractivity contribution < 1.29 is 36.3 Å². The van der Waals surface area contributed by atoms with Gasteiger partial charge in [-0.05, 0) is 73.9 Å². The van der Waals surface area contributed by atoms with Gasteiger partial charge >= 0.3 is 0 Å². The molecule has 1 fully saturated rings. The number of carbonyl (C=O) groups excluding carboxylic acids is 2. The average molecular weight is 614 g/mol. The van der Waals surface area contributed by atoms with Crippen LogP contribution in [0.2, 0.25) is 0 Å². The van der Waals surface area contributed by atoms with Gasteiger partial charge in [0.2, 0.25) is 11.8 Å². The highest BCUT2D eigenvalue weighted by molar-refractivity contribution is 7.92. The van der Waals surface area contributed by atoms with Gasteiger partial charge in [0.15, 0.2) is 11.5 Å². The molecule has 228 valence electrons. The van der Waals surface area contributed by atoms with Crippen molar-refractivity contribution in [1.82, 2.24) is 10.2 Å². The van der Waals surface area contributed by atoms with Gasteiger partial charge in [-0.3, -0.25) is 13.9 Å². The lowest BCUT2D eigenvalue weighted by Gasteiger charge is -2.32. The van der Waals surface area contributed by atoms with Gasteiger partial charge in [-0.25, -0.2) is 17.2 Å². The summed E-state index contributed by atoms with van der Waals surface area (Å²) in [6.07, 6.45) is 3.69. The molecule has 1 aliphatic carbocycles. The molecule has 0 unspecified atom stereocenters. The predicted octanol–water partition coefficient (Wildman–Crippen LogP) is 4.41. The minimum Gasteiger partial charge on any atom is -0.486 e. The summed E-state index contributed by atoms with van der Waals surface area (Å²) < 4.78 is 67.5. The molecule has 9 nitrogen and oxygen atoms in total. The summed E-state index contributed by atoms with van der Waals surface area (Å²) in [6.45, 7) is 1.38. The van der Waals surface area contributed by atoms with E-state index in [9.17, 15) is 26.8 Å². The predicted molar refractivity (Wildman–Crippen MR) is 155 cm³/mol. The molecular formula is C31H33F2N3O6S. The Kier molecular flexibility index (Phi) is 9.14. The number of nitrogens with one attached hydrogen (secondary N) is 1. The van der Waals surface area contributed by atoms with Gasteiger partial charge in [0.05, 0.1) is 10.6 Å². The van der Waals surface area contributed by atoms with Crippen LogP contribution in [0, 0.1) is 11.6 Å². The van der Waals surface area contributed by atoms with Crippen molar-refractivity contribution in [2.24, 2.45) is 0 Å². The molecule has 2 amide bonds. The number of benzene rings is 3. The Labute approximate surface area is 249 Å². The summed E-state index contributed by atoms with van der Waals surface area (Å²) in [5.41, 5.74) is 0.604. The first-order valence-electron chi connectivity index (χ1n) is 14.1. The normalized spacial score (nSPS) is 15.5. The minimum atomic E-state index is -4.39. The molecular weight excluding hydrogens is 580 g/mol. The van der Waals surface area contributed by atoms with E-state index in [-0.39, 0.29) is 41.4 Å². The number of sulfonamides is 1. The number of ether oxygens (including phenoxy) is 2. The lowest BCUT2D eigenvalue weighted by atomic mass is 10.1. The van der Waals surface area contributed by atoms with Crippen molar-refractivity contribution >= 4 is 27.5 Å². The molecule has 0 radical (unpaired) electrons. The Balaban J connectivity index is 1.48. The number of halogens is 2. The third-order valence-corrected chi connectivity index (χ3v) is 9.40. The standard InChI is InChI=1S/C31H33F2N3O6S/c1-21(31(38)34-25-4-2-3-5-25)35(19-22-6-8-23(32)9-7-22)30(37)20-36(26-12-10-24(33)11-13-26)43(39,40)27-14-15-28-29(18-27)42-17-16-41-28/h6-15,18,21,25H,2-5,16-17,19-20H2,1H3,(H,34,38)/t21-/m0/s1. The SMILES string of the molecule is C[C@@H](C(=O)NC1CCCC1)N(Cc1ccc(F)cc1)C(=O)CN(c1ccc(F)cc1)S(=O)(=O)c1ccc2c(c1)OCCO2. The van der Waals surface area contributed by atoms with E-state index in [4.69, 9.17) is 9.47 Å². The summed E-state index contributed by atoms with van der Waals surface area (Å²) in [5.74, 6) is -1.45. The molecule has 43 heavy (non-hydrogen) atoms. The summed E-state index contributed by atoms with van der Waals surface area (Å²) >= 11 is 0. The van der Waals surface area contributed by atoms with Gasteiger partial charge in [-0.1, -0.05) is 25.0 Å². The summed E-state index contributed by atoms with van der Waals surface area (Å²) in [7, 11) is -4.39. The van der Waals surface area contributed by atoms with Gasteiger partial charge < -0.3 is 19.7 Å². The molecule has 1 atom stereocenters. The molecule has 3 aromatic carbocycles. The number of amides is 2. The third-order valence-electron chi connectivity index (χ3n) is 7.63. The Bertz CT molecular complexity index is 1560. The maximum Gasteiger partial charge on any atom is 0.264 e. The van der Waals surface area contributed by atoms with E-state index in [1.807, 2.05) is 0 Å². The maximum absolute atomic E-state index is 14.0. The van der Waals surface area contributed by atoms with Crippen LogP contribution in [0.4, 0.5) is 14.5 Å². The van der Waals surface area contributed by atoms with E-state index in [0.29, 0.717) is 17.9 Å². The molecule has 1 saturated carbocycles. The molecule has 5 rings (SSSR count). The number of carbonyl (C=O) groups is 2. The number of fused-ring (bicyclic) bond motifs is 1. The first kappa shape index (κ1) is 30.3. The first-order chi connectivity index (χ1) is 20.6. The highest BCUT2D eigenvalue weighted by atomic mass is 32.2. The van der Waals surface area contributed by atoms with Crippen LogP contribution in [0.15, 0.2) is 71.6 Å². The fourth-order valence-electron chi connectivity index (χ4n) is 5.21. The second-order valence-electron chi connectivity index (χ2n) is 10.6. The molecule has 1 aliphatic heterocycles. The van der Waals surface area contributed by atoms with Crippen LogP contribution in [0.1, 0.15) is 38.2 Å². The molecule has 1 heterocycles. The van der Waals surface area contributed by atoms with E-state index in [0.717, 1.165) is 42.1 Å². The fourth-order valence-corrected chi connectivity index (χ4v) is 6.64. The molecule has 0 bridgehead atoms. The highest BCUT2D eigenvalue weighted by Gasteiger charge is 2.34. The lowest BCUT2D eigenvalue weighted by Crippen LogP contribution is -2.52. The van der Waals surface area contributed by atoms with E-state index in [1.54, 1.807) is 6.92 Å². The maximum atomic E-state index is 14.0. The molecule has 0 aromatic heterocycles. The Morgan fingerprint density at radius 2 is 1.51 bits per heavy atom. The molecule has 12 heteroatoms. The molecule has 1 N–H and O–H groups in total. The Hall–Kier alpha value is -4.19. The van der Waals surface area contributed by atoms with Gasteiger partial charge in [-0.2, -0.15) is 0 Å². The average Bonchev–Trinajstić information content (AvgIpc) is 3.52. The topological polar surface area (TPSA) is 105 Å². The number of hydrogen-bond acceptors (Lipinski definition) is 6. The van der Waals surface area contributed by atoms with Crippen LogP contribution in [0.25, 0.3) is 0 Å². The second-order valence-corrected chi connectivity index (χ2v) is 12.5. The van der Waals surface area contributed by atoms with Gasteiger partial charge in [0.25, 0.3) is 10.0 Å². The minimum absolute atomic E-state index is 0.00372. The van der Waals surface area contributed by atoms with E-state index in [1.165, 1.54) is 59.5 Å². The van der Waals surface area contributed by atoms with Crippen LogP contribution >= 0.6 is 0 Å². The van der Waals surface area contributed by atoms with Crippen molar-refractivity contribution in [2.45, 2.75) is 56.1 Å². The van der Waals surface area contributed by atoms with Crippen LogP contribution in [-0.4, -0.2) is 57.0 Å². The largest absolute Gasteiger partial charge is 0.486 e. The van der Waals surface area contributed by atoms with E-state index >= 15 is 0 Å². The zero-order valence-corrected chi connectivity index (χ0v) is 24.5. The number of rotatable bonds is 10.